The number of nitrogens with zero attached hydrogens (tertiary/aromatic N) is 2. The van der Waals surface area contributed by atoms with Gasteiger partial charge in [0, 0.05) is 12.5 Å². The molecule has 0 bridgehead atoms. The van der Waals surface area contributed by atoms with E-state index in [0.29, 0.717) is 0 Å². The molecule has 0 saturated heterocycles. The van der Waals surface area contributed by atoms with Gasteiger partial charge in [-0.3, -0.25) is 14.9 Å². The van der Waals surface area contributed by atoms with E-state index in [0.717, 1.165) is 6.20 Å². The predicted octanol–water partition coefficient (Wildman–Crippen LogP) is 0.720. The van der Waals surface area contributed by atoms with Gasteiger partial charge in [-0.25, -0.2) is 9.78 Å². The summed E-state index contributed by atoms with van der Waals surface area (Å²) in [6, 6.07) is 1.31. The fourth-order valence-electron chi connectivity index (χ4n) is 1.28. The zero-order valence-corrected chi connectivity index (χ0v) is 9.65. The summed E-state index contributed by atoms with van der Waals surface area (Å²) >= 11 is 0. The van der Waals surface area contributed by atoms with Crippen LogP contribution in [0, 0.1) is 10.1 Å². The maximum atomic E-state index is 10.9. The molecule has 0 aliphatic rings. The number of hydrogen-bond acceptors (Lipinski definition) is 6. The first-order chi connectivity index (χ1) is 8.90. The minimum Gasteiger partial charge on any atom is -0.481 e. The lowest BCUT2D eigenvalue weighted by Crippen LogP contribution is -2.30. The number of rotatable bonds is 7. The van der Waals surface area contributed by atoms with Crippen molar-refractivity contribution < 1.29 is 24.7 Å². The molecule has 9 heteroatoms. The molecule has 0 saturated carbocycles. The highest BCUT2D eigenvalue weighted by atomic mass is 16.6. The number of hydrogen-bond donors (Lipinski definition) is 3. The number of nitro groups is 1. The molecule has 1 atom stereocenters. The van der Waals surface area contributed by atoms with Crippen molar-refractivity contribution in [1.29, 1.82) is 0 Å². The first-order valence-corrected chi connectivity index (χ1v) is 5.21. The molecule has 0 amide bonds. The van der Waals surface area contributed by atoms with Gasteiger partial charge in [-0.1, -0.05) is 0 Å². The Hall–Kier alpha value is -2.71. The zero-order valence-electron chi connectivity index (χ0n) is 9.65. The van der Waals surface area contributed by atoms with Crippen LogP contribution >= 0.6 is 0 Å². The number of carboxylic acids is 2. The molecule has 0 aliphatic carbocycles. The van der Waals surface area contributed by atoms with E-state index in [2.05, 4.69) is 10.3 Å². The van der Waals surface area contributed by atoms with Gasteiger partial charge in [0.25, 0.3) is 5.69 Å². The highest BCUT2D eigenvalue weighted by Crippen LogP contribution is 2.13. The maximum absolute atomic E-state index is 10.9. The smallest absolute Gasteiger partial charge is 0.326 e. The van der Waals surface area contributed by atoms with Gasteiger partial charge in [0.1, 0.15) is 18.1 Å². The minimum absolute atomic E-state index is 0.122. The van der Waals surface area contributed by atoms with Crippen LogP contribution in [0.5, 0.6) is 0 Å². The van der Waals surface area contributed by atoms with E-state index < -0.39 is 22.9 Å². The van der Waals surface area contributed by atoms with Crippen LogP contribution in [0.2, 0.25) is 0 Å². The largest absolute Gasteiger partial charge is 0.481 e. The summed E-state index contributed by atoms with van der Waals surface area (Å²) in [5.41, 5.74) is -0.219. The van der Waals surface area contributed by atoms with Crippen molar-refractivity contribution in [1.82, 2.24) is 4.98 Å². The summed E-state index contributed by atoms with van der Waals surface area (Å²) in [4.78, 5) is 34.7. The molecular weight excluding hydrogens is 258 g/mol. The van der Waals surface area contributed by atoms with Crippen LogP contribution in [0.4, 0.5) is 11.5 Å². The molecule has 1 rings (SSSR count). The Kier molecular flexibility index (Phi) is 4.75. The summed E-state index contributed by atoms with van der Waals surface area (Å²) in [5, 5.41) is 30.3. The molecule has 102 valence electrons. The van der Waals surface area contributed by atoms with Gasteiger partial charge in [0.15, 0.2) is 0 Å². The van der Waals surface area contributed by atoms with Crippen LogP contribution in [0.3, 0.4) is 0 Å². The monoisotopic (exact) mass is 269 g/mol. The number of aromatic nitrogens is 1. The second-order valence-corrected chi connectivity index (χ2v) is 3.63. The van der Waals surface area contributed by atoms with Gasteiger partial charge >= 0.3 is 11.9 Å². The summed E-state index contributed by atoms with van der Waals surface area (Å²) in [5.74, 6) is -2.20. The van der Waals surface area contributed by atoms with Gasteiger partial charge in [-0.2, -0.15) is 0 Å². The predicted molar refractivity (Wildman–Crippen MR) is 62.8 cm³/mol. The Bertz CT molecular complexity index is 487. The van der Waals surface area contributed by atoms with E-state index in [1.165, 1.54) is 12.1 Å². The summed E-state index contributed by atoms with van der Waals surface area (Å²) < 4.78 is 0. The molecule has 3 N–H and O–H groups in total. The molecule has 1 unspecified atom stereocenters. The van der Waals surface area contributed by atoms with Gasteiger partial charge in [0.05, 0.1) is 4.92 Å². The third kappa shape index (κ3) is 4.58. The Morgan fingerprint density at radius 1 is 1.42 bits per heavy atom. The Morgan fingerprint density at radius 2 is 2.11 bits per heavy atom. The average molecular weight is 269 g/mol. The number of carbonyl (C=O) groups is 2. The van der Waals surface area contributed by atoms with Crippen LogP contribution in [-0.2, 0) is 9.59 Å². The van der Waals surface area contributed by atoms with Crippen molar-refractivity contribution in [3.63, 3.8) is 0 Å². The molecule has 0 aliphatic heterocycles. The number of pyridine rings is 1. The van der Waals surface area contributed by atoms with Gasteiger partial charge in [-0.15, -0.1) is 0 Å². The normalized spacial score (nSPS) is 11.6. The zero-order chi connectivity index (χ0) is 14.4. The second-order valence-electron chi connectivity index (χ2n) is 3.63. The third-order valence-corrected chi connectivity index (χ3v) is 2.23. The highest BCUT2D eigenvalue weighted by Gasteiger charge is 2.19. The molecule has 1 heterocycles. The van der Waals surface area contributed by atoms with E-state index in [9.17, 15) is 19.7 Å². The summed E-state index contributed by atoms with van der Waals surface area (Å²) in [7, 11) is 0. The number of anilines is 1. The first kappa shape index (κ1) is 14.4. The Balaban J connectivity index is 2.70. The lowest BCUT2D eigenvalue weighted by Gasteiger charge is -2.13. The Morgan fingerprint density at radius 3 is 2.53 bits per heavy atom. The molecule has 0 spiro atoms. The molecule has 1 aromatic rings. The van der Waals surface area contributed by atoms with Gasteiger partial charge in [-0.05, 0) is 12.5 Å². The molecule has 9 nitrogen and oxygen atoms in total. The van der Waals surface area contributed by atoms with Crippen LogP contribution in [0.15, 0.2) is 18.3 Å². The topological polar surface area (TPSA) is 143 Å². The average Bonchev–Trinajstić information content (AvgIpc) is 2.34. The van der Waals surface area contributed by atoms with Crippen LogP contribution in [0.1, 0.15) is 12.8 Å². The standard InChI is InChI=1S/C10H11N3O6/c14-9(15)4-2-7(10(16)17)12-8-3-1-6(5-11-8)13(18)19/h1,3,5,7H,2,4H2,(H,11,12)(H,14,15)(H,16,17). The number of aliphatic carboxylic acids is 2. The molecule has 1 aromatic heterocycles. The van der Waals surface area contributed by atoms with Gasteiger partial charge in [0.2, 0.25) is 0 Å². The van der Waals surface area contributed by atoms with Crippen molar-refractivity contribution in [2.24, 2.45) is 0 Å². The van der Waals surface area contributed by atoms with Crippen molar-refractivity contribution in [3.8, 4) is 0 Å². The summed E-state index contributed by atoms with van der Waals surface area (Å²) in [6.07, 6.45) is 0.554. The van der Waals surface area contributed by atoms with Crippen LogP contribution in [-0.4, -0.2) is 38.1 Å². The lowest BCUT2D eigenvalue weighted by atomic mass is 10.1. The lowest BCUT2D eigenvalue weighted by molar-refractivity contribution is -0.385. The number of carboxylic acid groups (broad SMARTS) is 2. The quantitative estimate of drug-likeness (QED) is 0.485. The highest BCUT2D eigenvalue weighted by molar-refractivity contribution is 5.78. The molecule has 0 aromatic carbocycles. The molecule has 19 heavy (non-hydrogen) atoms. The third-order valence-electron chi connectivity index (χ3n) is 2.23. The van der Waals surface area contributed by atoms with Crippen molar-refractivity contribution in [2.45, 2.75) is 18.9 Å². The van der Waals surface area contributed by atoms with E-state index in [1.807, 2.05) is 0 Å². The molecule has 0 fully saturated rings. The SMILES string of the molecule is O=C(O)CCC(Nc1ccc([N+](=O)[O-])cn1)C(=O)O. The first-order valence-electron chi connectivity index (χ1n) is 5.21. The molecule has 0 radical (unpaired) electrons. The fourth-order valence-corrected chi connectivity index (χ4v) is 1.28. The van der Waals surface area contributed by atoms with Crippen molar-refractivity contribution in [2.75, 3.05) is 5.32 Å². The van der Waals surface area contributed by atoms with Crippen LogP contribution < -0.4 is 5.32 Å². The minimum atomic E-state index is -1.22. The van der Waals surface area contributed by atoms with E-state index in [-0.39, 0.29) is 24.3 Å². The fraction of sp³-hybridized carbons (Fsp3) is 0.300. The summed E-state index contributed by atoms with van der Waals surface area (Å²) in [6.45, 7) is 0. The van der Waals surface area contributed by atoms with E-state index in [1.54, 1.807) is 0 Å². The van der Waals surface area contributed by atoms with Crippen LogP contribution in [0.25, 0.3) is 0 Å². The molecular formula is C10H11N3O6. The van der Waals surface area contributed by atoms with E-state index in [4.69, 9.17) is 10.2 Å². The van der Waals surface area contributed by atoms with Crippen molar-refractivity contribution in [3.05, 3.63) is 28.4 Å². The van der Waals surface area contributed by atoms with Crippen molar-refractivity contribution >= 4 is 23.4 Å². The number of nitrogens with one attached hydrogen (secondary N) is 1. The Labute approximate surface area is 107 Å². The van der Waals surface area contributed by atoms with Gasteiger partial charge < -0.3 is 15.5 Å². The second kappa shape index (κ2) is 6.28. The maximum Gasteiger partial charge on any atom is 0.326 e. The van der Waals surface area contributed by atoms with E-state index >= 15 is 0 Å².